The average molecular weight is 287 g/mol. The van der Waals surface area contributed by atoms with E-state index in [1.54, 1.807) is 25.1 Å². The van der Waals surface area contributed by atoms with Crippen LogP contribution in [0.25, 0.3) is 22.8 Å². The van der Waals surface area contributed by atoms with E-state index in [0.717, 1.165) is 0 Å². The number of aromatic nitrogens is 3. The Morgan fingerprint density at radius 2 is 1.86 bits per heavy atom. The van der Waals surface area contributed by atoms with Gasteiger partial charge in [-0.2, -0.15) is 4.98 Å². The summed E-state index contributed by atoms with van der Waals surface area (Å²) in [5.74, 6) is 0.909. The molecule has 3 rings (SSSR count). The molecule has 0 saturated heterocycles. The molecule has 0 saturated carbocycles. The zero-order chi connectivity index (χ0) is 15.0. The first-order valence-electron chi connectivity index (χ1n) is 6.63. The van der Waals surface area contributed by atoms with Gasteiger partial charge in [-0.15, -0.1) is 0 Å². The van der Waals surface area contributed by atoms with E-state index in [1.165, 1.54) is 6.07 Å². The summed E-state index contributed by atoms with van der Waals surface area (Å²) in [6, 6.07) is 6.29. The predicted molar refractivity (Wildman–Crippen MR) is 74.0 cm³/mol. The fourth-order valence-electron chi connectivity index (χ4n) is 2.12. The lowest BCUT2D eigenvalue weighted by Crippen LogP contribution is -1.90. The Balaban J connectivity index is 2.08. The van der Waals surface area contributed by atoms with Crippen LogP contribution in [0.4, 0.5) is 4.39 Å². The highest BCUT2D eigenvalue weighted by Crippen LogP contribution is 2.32. The van der Waals surface area contributed by atoms with Crippen molar-refractivity contribution in [2.45, 2.75) is 26.7 Å². The van der Waals surface area contributed by atoms with Gasteiger partial charge in [0.1, 0.15) is 11.4 Å². The van der Waals surface area contributed by atoms with Gasteiger partial charge in [0, 0.05) is 5.92 Å². The molecule has 2 heterocycles. The second-order valence-electron chi connectivity index (χ2n) is 5.06. The van der Waals surface area contributed by atoms with Crippen LogP contribution in [0.15, 0.2) is 33.3 Å². The zero-order valence-electron chi connectivity index (χ0n) is 11.9. The fraction of sp³-hybridized carbons (Fsp3) is 0.267. The standard InChI is InChI=1S/C15H14FN3O2/c1-8(2)13-12(9(3)18-20-13)15-17-14(19-21-15)10-6-4-5-7-11(10)16/h4-8H,1-3H3. The summed E-state index contributed by atoms with van der Waals surface area (Å²) in [5, 5.41) is 7.79. The van der Waals surface area contributed by atoms with Crippen molar-refractivity contribution in [2.24, 2.45) is 0 Å². The maximum absolute atomic E-state index is 13.8. The van der Waals surface area contributed by atoms with E-state index in [9.17, 15) is 4.39 Å². The quantitative estimate of drug-likeness (QED) is 0.729. The first-order valence-corrected chi connectivity index (χ1v) is 6.63. The van der Waals surface area contributed by atoms with Gasteiger partial charge in [-0.25, -0.2) is 4.39 Å². The smallest absolute Gasteiger partial charge is 0.263 e. The first-order chi connectivity index (χ1) is 10.1. The van der Waals surface area contributed by atoms with E-state index in [2.05, 4.69) is 15.3 Å². The van der Waals surface area contributed by atoms with Crippen LogP contribution in [-0.4, -0.2) is 15.3 Å². The zero-order valence-corrected chi connectivity index (χ0v) is 11.9. The number of rotatable bonds is 3. The third kappa shape index (κ3) is 2.33. The largest absolute Gasteiger partial charge is 0.360 e. The molecule has 108 valence electrons. The molecule has 0 radical (unpaired) electrons. The van der Waals surface area contributed by atoms with Crippen molar-refractivity contribution in [1.29, 1.82) is 0 Å². The molecule has 5 nitrogen and oxygen atoms in total. The van der Waals surface area contributed by atoms with E-state index in [-0.39, 0.29) is 17.6 Å². The molecule has 6 heteroatoms. The monoisotopic (exact) mass is 287 g/mol. The minimum atomic E-state index is -0.393. The Kier molecular flexibility index (Phi) is 3.29. The summed E-state index contributed by atoms with van der Waals surface area (Å²) in [7, 11) is 0. The van der Waals surface area contributed by atoms with Crippen LogP contribution in [0.5, 0.6) is 0 Å². The fourth-order valence-corrected chi connectivity index (χ4v) is 2.12. The molecule has 3 aromatic rings. The van der Waals surface area contributed by atoms with Crippen LogP contribution in [0, 0.1) is 12.7 Å². The number of nitrogens with zero attached hydrogens (tertiary/aromatic N) is 3. The van der Waals surface area contributed by atoms with Crippen molar-refractivity contribution in [3.63, 3.8) is 0 Å². The van der Waals surface area contributed by atoms with Gasteiger partial charge >= 0.3 is 0 Å². The maximum atomic E-state index is 13.8. The molecule has 1 aromatic carbocycles. The van der Waals surface area contributed by atoms with Crippen molar-refractivity contribution in [3.8, 4) is 22.8 Å². The molecule has 0 bridgehead atoms. The maximum Gasteiger partial charge on any atom is 0.263 e. The number of hydrogen-bond acceptors (Lipinski definition) is 5. The Morgan fingerprint density at radius 3 is 2.57 bits per heavy atom. The van der Waals surface area contributed by atoms with Crippen LogP contribution < -0.4 is 0 Å². The second kappa shape index (κ2) is 5.12. The van der Waals surface area contributed by atoms with E-state index >= 15 is 0 Å². The molecule has 0 unspecified atom stereocenters. The summed E-state index contributed by atoms with van der Waals surface area (Å²) in [5.41, 5.74) is 1.65. The highest BCUT2D eigenvalue weighted by molar-refractivity contribution is 5.63. The molecule has 21 heavy (non-hydrogen) atoms. The molecular formula is C15H14FN3O2. The minimum Gasteiger partial charge on any atom is -0.360 e. The van der Waals surface area contributed by atoms with Gasteiger partial charge in [0.25, 0.3) is 5.89 Å². The molecule has 0 aliphatic carbocycles. The number of aryl methyl sites for hydroxylation is 1. The summed E-state index contributed by atoms with van der Waals surface area (Å²) in [6.45, 7) is 5.77. The molecule has 0 atom stereocenters. The third-order valence-corrected chi connectivity index (χ3v) is 3.17. The Labute approximate surface area is 120 Å². The van der Waals surface area contributed by atoms with Crippen molar-refractivity contribution in [3.05, 3.63) is 41.5 Å². The van der Waals surface area contributed by atoms with Gasteiger partial charge in [0.15, 0.2) is 5.76 Å². The number of hydrogen-bond donors (Lipinski definition) is 0. The summed E-state index contributed by atoms with van der Waals surface area (Å²) >= 11 is 0. The van der Waals surface area contributed by atoms with Gasteiger partial charge in [-0.3, -0.25) is 0 Å². The molecule has 0 aliphatic heterocycles. The predicted octanol–water partition coefficient (Wildman–Crippen LogP) is 3.96. The normalized spacial score (nSPS) is 11.3. The number of benzene rings is 1. The van der Waals surface area contributed by atoms with Crippen LogP contribution >= 0.6 is 0 Å². The van der Waals surface area contributed by atoms with Gasteiger partial charge in [-0.1, -0.05) is 36.3 Å². The minimum absolute atomic E-state index is 0.130. The molecule has 0 amide bonds. The van der Waals surface area contributed by atoms with Crippen LogP contribution in [-0.2, 0) is 0 Å². The van der Waals surface area contributed by atoms with E-state index in [0.29, 0.717) is 22.6 Å². The third-order valence-electron chi connectivity index (χ3n) is 3.17. The Hall–Kier alpha value is -2.50. The van der Waals surface area contributed by atoms with Crippen LogP contribution in [0.2, 0.25) is 0 Å². The topological polar surface area (TPSA) is 65.0 Å². The lowest BCUT2D eigenvalue weighted by molar-refractivity contribution is 0.367. The molecule has 2 aromatic heterocycles. The Bertz CT molecular complexity index is 777. The molecular weight excluding hydrogens is 273 g/mol. The highest BCUT2D eigenvalue weighted by Gasteiger charge is 2.23. The van der Waals surface area contributed by atoms with Crippen molar-refractivity contribution < 1.29 is 13.4 Å². The van der Waals surface area contributed by atoms with Gasteiger partial charge in [0.2, 0.25) is 5.82 Å². The Morgan fingerprint density at radius 1 is 1.10 bits per heavy atom. The lowest BCUT2D eigenvalue weighted by atomic mass is 10.1. The van der Waals surface area contributed by atoms with Crippen LogP contribution in [0.1, 0.15) is 31.2 Å². The van der Waals surface area contributed by atoms with Gasteiger partial charge in [-0.05, 0) is 19.1 Å². The molecule has 0 fully saturated rings. The molecule has 0 spiro atoms. The lowest BCUT2D eigenvalue weighted by Gasteiger charge is -2.00. The van der Waals surface area contributed by atoms with Gasteiger partial charge < -0.3 is 9.05 Å². The SMILES string of the molecule is Cc1noc(C(C)C)c1-c1nc(-c2ccccc2F)no1. The number of halogens is 1. The summed E-state index contributed by atoms with van der Waals surface area (Å²) in [4.78, 5) is 4.27. The second-order valence-corrected chi connectivity index (χ2v) is 5.06. The average Bonchev–Trinajstić information content (AvgIpc) is 3.05. The molecule has 0 N–H and O–H groups in total. The van der Waals surface area contributed by atoms with Crippen molar-refractivity contribution in [2.75, 3.05) is 0 Å². The van der Waals surface area contributed by atoms with Crippen LogP contribution in [0.3, 0.4) is 0 Å². The first kappa shape index (κ1) is 13.5. The van der Waals surface area contributed by atoms with Gasteiger partial charge in [0.05, 0.1) is 11.3 Å². The molecule has 0 aliphatic rings. The van der Waals surface area contributed by atoms with E-state index < -0.39 is 5.82 Å². The van der Waals surface area contributed by atoms with Crippen molar-refractivity contribution >= 4 is 0 Å². The summed E-state index contributed by atoms with van der Waals surface area (Å²) < 4.78 is 24.3. The van der Waals surface area contributed by atoms with E-state index in [4.69, 9.17) is 9.05 Å². The van der Waals surface area contributed by atoms with E-state index in [1.807, 2.05) is 13.8 Å². The van der Waals surface area contributed by atoms with Crippen molar-refractivity contribution in [1.82, 2.24) is 15.3 Å². The highest BCUT2D eigenvalue weighted by atomic mass is 19.1. The summed E-state index contributed by atoms with van der Waals surface area (Å²) in [6.07, 6.45) is 0.